The number of carbonyl (C=O) groups excluding carboxylic acids is 2. The Hall–Kier alpha value is -2.42. The number of ketones is 1. The molecule has 0 bridgehead atoms. The van der Waals surface area contributed by atoms with E-state index in [1.54, 1.807) is 6.92 Å². The third-order valence-electron chi connectivity index (χ3n) is 3.79. The van der Waals surface area contributed by atoms with Crippen molar-refractivity contribution >= 4 is 11.8 Å². The van der Waals surface area contributed by atoms with E-state index in [1.807, 2.05) is 61.5 Å². The topological polar surface area (TPSA) is 43.4 Å². The predicted octanol–water partition coefficient (Wildman–Crippen LogP) is 4.30. The van der Waals surface area contributed by atoms with E-state index in [2.05, 4.69) is 0 Å². The summed E-state index contributed by atoms with van der Waals surface area (Å²) in [5.74, 6) is -0.384. The van der Waals surface area contributed by atoms with Crippen LogP contribution in [0.3, 0.4) is 0 Å². The second-order valence-corrected chi connectivity index (χ2v) is 5.61. The summed E-state index contributed by atoms with van der Waals surface area (Å²) in [7, 11) is 0. The van der Waals surface area contributed by atoms with Crippen LogP contribution in [0.15, 0.2) is 54.6 Å². The average molecular weight is 310 g/mol. The van der Waals surface area contributed by atoms with E-state index in [-0.39, 0.29) is 24.1 Å². The molecule has 0 aliphatic heterocycles. The minimum absolute atomic E-state index is 0.0446. The van der Waals surface area contributed by atoms with Crippen molar-refractivity contribution < 1.29 is 14.3 Å². The number of rotatable bonds is 7. The fourth-order valence-corrected chi connectivity index (χ4v) is 2.54. The van der Waals surface area contributed by atoms with Crippen molar-refractivity contribution in [2.75, 3.05) is 6.61 Å². The number of benzene rings is 2. The molecule has 1 unspecified atom stereocenters. The van der Waals surface area contributed by atoms with Crippen molar-refractivity contribution in [3.63, 3.8) is 0 Å². The maximum atomic E-state index is 12.5. The highest BCUT2D eigenvalue weighted by molar-refractivity contribution is 5.96. The number of hydrogen-bond acceptors (Lipinski definition) is 3. The van der Waals surface area contributed by atoms with Crippen LogP contribution in [0, 0.1) is 6.92 Å². The Labute approximate surface area is 137 Å². The van der Waals surface area contributed by atoms with Gasteiger partial charge in [0, 0.05) is 17.9 Å². The first kappa shape index (κ1) is 16.9. The standard InChI is InChI=1S/C20H22O3/c1-3-23-20(22)14-18(16-7-5-4-6-8-16)13-19(21)17-11-9-15(2)10-12-17/h4-12,18H,3,13-14H2,1-2H3. The smallest absolute Gasteiger partial charge is 0.306 e. The van der Waals surface area contributed by atoms with E-state index in [4.69, 9.17) is 4.74 Å². The number of esters is 1. The van der Waals surface area contributed by atoms with Gasteiger partial charge in [-0.1, -0.05) is 60.2 Å². The van der Waals surface area contributed by atoms with Crippen LogP contribution in [-0.4, -0.2) is 18.4 Å². The normalized spacial score (nSPS) is 11.7. The van der Waals surface area contributed by atoms with E-state index in [0.29, 0.717) is 18.6 Å². The van der Waals surface area contributed by atoms with Crippen molar-refractivity contribution in [1.82, 2.24) is 0 Å². The number of carbonyl (C=O) groups is 2. The summed E-state index contributed by atoms with van der Waals surface area (Å²) < 4.78 is 5.05. The Bertz CT molecular complexity index is 644. The quantitative estimate of drug-likeness (QED) is 0.565. The third-order valence-corrected chi connectivity index (χ3v) is 3.79. The molecule has 0 heterocycles. The first-order valence-electron chi connectivity index (χ1n) is 7.90. The molecule has 2 rings (SSSR count). The van der Waals surface area contributed by atoms with Crippen LogP contribution >= 0.6 is 0 Å². The Morgan fingerprint density at radius 2 is 1.61 bits per heavy atom. The molecule has 0 aliphatic rings. The number of Topliss-reactive ketones (excluding diaryl/α,β-unsaturated/α-hetero) is 1. The van der Waals surface area contributed by atoms with Gasteiger partial charge in [0.2, 0.25) is 0 Å². The molecule has 0 fully saturated rings. The fraction of sp³-hybridized carbons (Fsp3) is 0.300. The van der Waals surface area contributed by atoms with Crippen LogP contribution in [-0.2, 0) is 9.53 Å². The van der Waals surface area contributed by atoms with Gasteiger partial charge in [0.1, 0.15) is 0 Å². The largest absolute Gasteiger partial charge is 0.466 e. The Kier molecular flexibility index (Phi) is 6.10. The number of ether oxygens (including phenoxy) is 1. The highest BCUT2D eigenvalue weighted by Gasteiger charge is 2.21. The summed E-state index contributed by atoms with van der Waals surface area (Å²) in [6.45, 7) is 4.13. The molecule has 2 aromatic rings. The van der Waals surface area contributed by atoms with Gasteiger partial charge in [-0.15, -0.1) is 0 Å². The van der Waals surface area contributed by atoms with Gasteiger partial charge in [-0.05, 0) is 19.4 Å². The second kappa shape index (κ2) is 8.28. The highest BCUT2D eigenvalue weighted by atomic mass is 16.5. The average Bonchev–Trinajstić information content (AvgIpc) is 2.56. The molecule has 0 N–H and O–H groups in total. The molecule has 0 radical (unpaired) electrons. The molecular formula is C20H22O3. The van der Waals surface area contributed by atoms with Gasteiger partial charge in [0.15, 0.2) is 5.78 Å². The van der Waals surface area contributed by atoms with E-state index in [1.165, 1.54) is 0 Å². The zero-order chi connectivity index (χ0) is 16.7. The van der Waals surface area contributed by atoms with Gasteiger partial charge in [0.25, 0.3) is 0 Å². The first-order chi connectivity index (χ1) is 11.1. The molecule has 0 aliphatic carbocycles. The summed E-state index contributed by atoms with van der Waals surface area (Å²) in [5, 5.41) is 0. The van der Waals surface area contributed by atoms with Gasteiger partial charge in [0.05, 0.1) is 13.0 Å². The number of aryl methyl sites for hydroxylation is 1. The van der Waals surface area contributed by atoms with Gasteiger partial charge >= 0.3 is 5.97 Å². The predicted molar refractivity (Wildman–Crippen MR) is 90.6 cm³/mol. The molecule has 0 saturated heterocycles. The van der Waals surface area contributed by atoms with Crippen molar-refractivity contribution in [1.29, 1.82) is 0 Å². The van der Waals surface area contributed by atoms with Crippen LogP contribution in [0.25, 0.3) is 0 Å². The Morgan fingerprint density at radius 1 is 0.957 bits per heavy atom. The lowest BCUT2D eigenvalue weighted by Gasteiger charge is -2.16. The summed E-state index contributed by atoms with van der Waals surface area (Å²) in [6, 6.07) is 17.2. The highest BCUT2D eigenvalue weighted by Crippen LogP contribution is 2.26. The van der Waals surface area contributed by atoms with Gasteiger partial charge in [-0.25, -0.2) is 0 Å². The zero-order valence-electron chi connectivity index (χ0n) is 13.6. The van der Waals surface area contributed by atoms with Crippen LogP contribution < -0.4 is 0 Å². The van der Waals surface area contributed by atoms with E-state index in [0.717, 1.165) is 11.1 Å². The molecule has 0 spiro atoms. The van der Waals surface area contributed by atoms with Crippen LogP contribution in [0.4, 0.5) is 0 Å². The summed E-state index contributed by atoms with van der Waals surface area (Å²) in [5.41, 5.74) is 2.79. The van der Waals surface area contributed by atoms with Crippen molar-refractivity contribution in [2.24, 2.45) is 0 Å². The summed E-state index contributed by atoms with van der Waals surface area (Å²) >= 11 is 0. The van der Waals surface area contributed by atoms with E-state index < -0.39 is 0 Å². The molecule has 0 aromatic heterocycles. The molecule has 0 amide bonds. The first-order valence-corrected chi connectivity index (χ1v) is 7.90. The lowest BCUT2D eigenvalue weighted by Crippen LogP contribution is -2.14. The maximum absolute atomic E-state index is 12.5. The molecule has 120 valence electrons. The van der Waals surface area contributed by atoms with E-state index >= 15 is 0 Å². The summed E-state index contributed by atoms with van der Waals surface area (Å²) in [6.07, 6.45) is 0.515. The Balaban J connectivity index is 2.15. The fourth-order valence-electron chi connectivity index (χ4n) is 2.54. The molecule has 23 heavy (non-hydrogen) atoms. The SMILES string of the molecule is CCOC(=O)CC(CC(=O)c1ccc(C)cc1)c1ccccc1. The van der Waals surface area contributed by atoms with Crippen LogP contribution in [0.5, 0.6) is 0 Å². The zero-order valence-corrected chi connectivity index (χ0v) is 13.6. The lowest BCUT2D eigenvalue weighted by atomic mass is 9.89. The Morgan fingerprint density at radius 3 is 2.22 bits per heavy atom. The van der Waals surface area contributed by atoms with E-state index in [9.17, 15) is 9.59 Å². The van der Waals surface area contributed by atoms with Crippen molar-refractivity contribution in [3.8, 4) is 0 Å². The lowest BCUT2D eigenvalue weighted by molar-refractivity contribution is -0.143. The second-order valence-electron chi connectivity index (χ2n) is 5.61. The molecule has 3 nitrogen and oxygen atoms in total. The molecular weight excluding hydrogens is 288 g/mol. The van der Waals surface area contributed by atoms with Crippen molar-refractivity contribution in [2.45, 2.75) is 32.6 Å². The van der Waals surface area contributed by atoms with Crippen molar-refractivity contribution in [3.05, 3.63) is 71.3 Å². The molecule has 1 atom stereocenters. The van der Waals surface area contributed by atoms with Gasteiger partial charge in [-0.3, -0.25) is 9.59 Å². The van der Waals surface area contributed by atoms with Gasteiger partial charge in [-0.2, -0.15) is 0 Å². The molecule has 3 heteroatoms. The van der Waals surface area contributed by atoms with Gasteiger partial charge < -0.3 is 4.74 Å². The molecule has 2 aromatic carbocycles. The summed E-state index contributed by atoms with van der Waals surface area (Å²) in [4.78, 5) is 24.4. The number of hydrogen-bond donors (Lipinski definition) is 0. The third kappa shape index (κ3) is 5.06. The van der Waals surface area contributed by atoms with Crippen LogP contribution in [0.1, 0.15) is 47.2 Å². The monoisotopic (exact) mass is 310 g/mol. The minimum atomic E-state index is -0.266. The van der Waals surface area contributed by atoms with Crippen LogP contribution in [0.2, 0.25) is 0 Å². The minimum Gasteiger partial charge on any atom is -0.466 e. The molecule has 0 saturated carbocycles. The maximum Gasteiger partial charge on any atom is 0.306 e.